The van der Waals surface area contributed by atoms with Gasteiger partial charge >= 0.3 is 0 Å². The Bertz CT molecular complexity index is 1010. The number of fused-ring (bicyclic) bond motifs is 1. The van der Waals surface area contributed by atoms with Gasteiger partial charge < -0.3 is 4.90 Å². The normalized spacial score (nSPS) is 18.7. The number of carbonyl (C=O) groups excluding carboxylic acids is 1. The van der Waals surface area contributed by atoms with E-state index in [2.05, 4.69) is 4.98 Å². The Labute approximate surface area is 172 Å². The molecule has 1 aromatic heterocycles. The largest absolute Gasteiger partial charge is 0.337 e. The maximum atomic E-state index is 13.7. The lowest BCUT2D eigenvalue weighted by Crippen LogP contribution is -2.47. The first-order valence-electron chi connectivity index (χ1n) is 10.1. The summed E-state index contributed by atoms with van der Waals surface area (Å²) in [5.74, 6) is 0.148. The number of pyridine rings is 1. The summed E-state index contributed by atoms with van der Waals surface area (Å²) < 4.78 is 26.7. The summed E-state index contributed by atoms with van der Waals surface area (Å²) in [4.78, 5) is 20.2. The molecule has 1 aromatic carbocycles. The molecule has 0 N–H and O–H groups in total. The minimum Gasteiger partial charge on any atom is -0.337 e. The number of rotatable bonds is 4. The molecular weight excluding hydrogens is 386 g/mol. The van der Waals surface area contributed by atoms with E-state index in [-0.39, 0.29) is 5.91 Å². The number of aromatic nitrogens is 1. The van der Waals surface area contributed by atoms with Crippen LogP contribution in [0.25, 0.3) is 0 Å². The van der Waals surface area contributed by atoms with Gasteiger partial charge in [-0.25, -0.2) is 12.7 Å². The number of hydrogen-bond acceptors (Lipinski definition) is 4. The van der Waals surface area contributed by atoms with Gasteiger partial charge in [0.2, 0.25) is 15.9 Å². The van der Waals surface area contributed by atoms with E-state index in [1.54, 1.807) is 32.4 Å². The number of amides is 1. The Morgan fingerprint density at radius 1 is 1.14 bits per heavy atom. The van der Waals surface area contributed by atoms with Crippen molar-refractivity contribution in [2.75, 3.05) is 20.6 Å². The summed E-state index contributed by atoms with van der Waals surface area (Å²) in [6, 6.07) is 9.28. The van der Waals surface area contributed by atoms with Gasteiger partial charge in [0, 0.05) is 39.6 Å². The highest BCUT2D eigenvalue weighted by atomic mass is 32.2. The number of carbonyl (C=O) groups is 1. The smallest absolute Gasteiger partial charge is 0.242 e. The highest BCUT2D eigenvalue weighted by Gasteiger charge is 2.45. The summed E-state index contributed by atoms with van der Waals surface area (Å²) in [5, 5.41) is 0. The van der Waals surface area contributed by atoms with Crippen molar-refractivity contribution in [2.45, 2.75) is 49.0 Å². The van der Waals surface area contributed by atoms with E-state index >= 15 is 0 Å². The Morgan fingerprint density at radius 2 is 1.90 bits per heavy atom. The molecule has 0 bridgehead atoms. The first-order valence-corrected chi connectivity index (χ1v) is 11.5. The summed E-state index contributed by atoms with van der Waals surface area (Å²) in [6.45, 7) is 0.987. The standard InChI is InChI=1S/C22H27N3O3S/c1-24(2)29(27,28)20-9-5-7-17-16-25(14-10-19(17)20)21(26)22(11-3-4-12-22)18-8-6-13-23-15-18/h5-9,13,15H,3-4,10-12,14,16H2,1-2H3. The number of nitrogens with zero attached hydrogens (tertiary/aromatic N) is 3. The van der Waals surface area contributed by atoms with E-state index in [9.17, 15) is 13.2 Å². The van der Waals surface area contributed by atoms with Crippen LogP contribution in [0.3, 0.4) is 0 Å². The fourth-order valence-electron chi connectivity index (χ4n) is 4.74. The molecule has 1 amide bonds. The summed E-state index contributed by atoms with van der Waals surface area (Å²) >= 11 is 0. The molecule has 7 heteroatoms. The van der Waals surface area contributed by atoms with Gasteiger partial charge in [0.05, 0.1) is 10.3 Å². The van der Waals surface area contributed by atoms with Crippen LogP contribution < -0.4 is 0 Å². The molecule has 1 saturated carbocycles. The van der Waals surface area contributed by atoms with Gasteiger partial charge in [-0.1, -0.05) is 31.0 Å². The lowest BCUT2D eigenvalue weighted by atomic mass is 9.77. The highest BCUT2D eigenvalue weighted by molar-refractivity contribution is 7.89. The molecule has 6 nitrogen and oxygen atoms in total. The first kappa shape index (κ1) is 20.0. The zero-order valence-electron chi connectivity index (χ0n) is 17.0. The Balaban J connectivity index is 1.66. The molecule has 154 valence electrons. The van der Waals surface area contributed by atoms with E-state index in [1.807, 2.05) is 29.3 Å². The van der Waals surface area contributed by atoms with Crippen molar-refractivity contribution >= 4 is 15.9 Å². The van der Waals surface area contributed by atoms with Gasteiger partial charge in [-0.2, -0.15) is 0 Å². The van der Waals surface area contributed by atoms with Crippen molar-refractivity contribution < 1.29 is 13.2 Å². The van der Waals surface area contributed by atoms with Gasteiger partial charge in [0.25, 0.3) is 0 Å². The summed E-state index contributed by atoms with van der Waals surface area (Å²) in [6.07, 6.45) is 7.87. The molecule has 0 radical (unpaired) electrons. The van der Waals surface area contributed by atoms with Crippen LogP contribution in [-0.4, -0.2) is 49.2 Å². The molecule has 0 atom stereocenters. The average molecular weight is 414 g/mol. The van der Waals surface area contributed by atoms with E-state index < -0.39 is 15.4 Å². The molecule has 2 heterocycles. The van der Waals surface area contributed by atoms with E-state index in [1.165, 1.54) is 4.31 Å². The Hall–Kier alpha value is -2.25. The van der Waals surface area contributed by atoms with Crippen molar-refractivity contribution in [1.82, 2.24) is 14.2 Å². The van der Waals surface area contributed by atoms with Crippen molar-refractivity contribution in [1.29, 1.82) is 0 Å². The third kappa shape index (κ3) is 3.36. The van der Waals surface area contributed by atoms with Crippen molar-refractivity contribution in [3.05, 3.63) is 59.4 Å². The Morgan fingerprint density at radius 3 is 2.55 bits per heavy atom. The lowest BCUT2D eigenvalue weighted by Gasteiger charge is -2.37. The van der Waals surface area contributed by atoms with E-state index in [0.717, 1.165) is 42.4 Å². The monoisotopic (exact) mass is 413 g/mol. The van der Waals surface area contributed by atoms with Crippen LogP contribution in [0.15, 0.2) is 47.6 Å². The van der Waals surface area contributed by atoms with Gasteiger partial charge in [-0.3, -0.25) is 9.78 Å². The molecule has 2 aromatic rings. The molecule has 2 aliphatic rings. The molecule has 1 aliphatic heterocycles. The third-order valence-corrected chi connectivity index (χ3v) is 8.25. The van der Waals surface area contributed by atoms with E-state index in [4.69, 9.17) is 0 Å². The van der Waals surface area contributed by atoms with Crippen LogP contribution in [0, 0.1) is 0 Å². The Kier molecular flexibility index (Phi) is 5.21. The number of benzene rings is 1. The molecule has 4 rings (SSSR count). The fourth-order valence-corrected chi connectivity index (χ4v) is 5.93. The summed E-state index contributed by atoms with van der Waals surface area (Å²) in [5.41, 5.74) is 2.26. The van der Waals surface area contributed by atoms with Crippen molar-refractivity contribution in [3.8, 4) is 0 Å². The number of sulfonamides is 1. The maximum absolute atomic E-state index is 13.7. The molecule has 0 spiro atoms. The van der Waals surface area contributed by atoms with Crippen molar-refractivity contribution in [2.24, 2.45) is 0 Å². The quantitative estimate of drug-likeness (QED) is 0.773. The van der Waals surface area contributed by atoms with Crippen LogP contribution in [-0.2, 0) is 33.2 Å². The molecular formula is C22H27N3O3S. The second kappa shape index (κ2) is 7.54. The predicted molar refractivity (Wildman–Crippen MR) is 111 cm³/mol. The van der Waals surface area contributed by atoms with Crippen LogP contribution in [0.5, 0.6) is 0 Å². The van der Waals surface area contributed by atoms with Gasteiger partial charge in [0.1, 0.15) is 0 Å². The number of hydrogen-bond donors (Lipinski definition) is 0. The van der Waals surface area contributed by atoms with E-state index in [0.29, 0.717) is 24.4 Å². The van der Waals surface area contributed by atoms with Crippen LogP contribution in [0.4, 0.5) is 0 Å². The minimum absolute atomic E-state index is 0.148. The summed E-state index contributed by atoms with van der Waals surface area (Å²) in [7, 11) is -0.412. The van der Waals surface area contributed by atoms with Gasteiger partial charge in [-0.05, 0) is 48.1 Å². The molecule has 1 fully saturated rings. The second-order valence-corrected chi connectivity index (χ2v) is 10.3. The molecule has 0 unspecified atom stereocenters. The maximum Gasteiger partial charge on any atom is 0.242 e. The zero-order chi connectivity index (χ0) is 20.6. The topological polar surface area (TPSA) is 70.6 Å². The minimum atomic E-state index is -3.51. The van der Waals surface area contributed by atoms with Crippen LogP contribution in [0.2, 0.25) is 0 Å². The van der Waals surface area contributed by atoms with Gasteiger partial charge in [-0.15, -0.1) is 0 Å². The van der Waals surface area contributed by atoms with Crippen molar-refractivity contribution in [3.63, 3.8) is 0 Å². The lowest BCUT2D eigenvalue weighted by molar-refractivity contribution is -0.138. The first-order chi connectivity index (χ1) is 13.9. The SMILES string of the molecule is CN(C)S(=O)(=O)c1cccc2c1CCN(C(=O)C1(c3cccnc3)CCCC1)C2. The molecule has 1 aliphatic carbocycles. The third-order valence-electron chi connectivity index (χ3n) is 6.35. The van der Waals surface area contributed by atoms with Crippen LogP contribution in [0.1, 0.15) is 42.4 Å². The van der Waals surface area contributed by atoms with Crippen LogP contribution >= 0.6 is 0 Å². The predicted octanol–water partition coefficient (Wildman–Crippen LogP) is 2.73. The zero-order valence-corrected chi connectivity index (χ0v) is 17.8. The molecule has 0 saturated heterocycles. The second-order valence-electron chi connectivity index (χ2n) is 8.19. The fraction of sp³-hybridized carbons (Fsp3) is 0.455. The molecule has 29 heavy (non-hydrogen) atoms. The highest BCUT2D eigenvalue weighted by Crippen LogP contribution is 2.43. The average Bonchev–Trinajstić information content (AvgIpc) is 3.24. The van der Waals surface area contributed by atoms with Gasteiger partial charge in [0.15, 0.2) is 0 Å².